The number of hydrogen-bond acceptors (Lipinski definition) is 4. The van der Waals surface area contributed by atoms with E-state index in [9.17, 15) is 0 Å². The maximum Gasteiger partial charge on any atom is 0.141 e. The second-order valence-electron chi connectivity index (χ2n) is 3.94. The number of nitrogens with zero attached hydrogens (tertiary/aromatic N) is 2. The van der Waals surface area contributed by atoms with E-state index in [1.54, 1.807) is 11.3 Å². The van der Waals surface area contributed by atoms with Gasteiger partial charge in [0.25, 0.3) is 0 Å². The van der Waals surface area contributed by atoms with Crippen LogP contribution in [0.5, 0.6) is 0 Å². The first-order valence-electron chi connectivity index (χ1n) is 5.26. The first-order chi connectivity index (χ1) is 7.83. The number of thiophene rings is 1. The van der Waals surface area contributed by atoms with Crippen LogP contribution < -0.4 is 5.73 Å². The average molecular weight is 235 g/mol. The Bertz CT molecular complexity index is 473. The van der Waals surface area contributed by atoms with Gasteiger partial charge in [-0.1, -0.05) is 6.07 Å². The van der Waals surface area contributed by atoms with E-state index in [1.807, 2.05) is 6.20 Å². The van der Waals surface area contributed by atoms with Crippen molar-refractivity contribution in [2.45, 2.75) is 12.5 Å². The van der Waals surface area contributed by atoms with E-state index in [0.29, 0.717) is 11.9 Å². The molecule has 2 aromatic rings. The lowest BCUT2D eigenvalue weighted by atomic mass is 10.2. The summed E-state index contributed by atoms with van der Waals surface area (Å²) in [4.78, 5) is 5.69. The molecule has 0 saturated carbocycles. The summed E-state index contributed by atoms with van der Waals surface area (Å²) in [6.45, 7) is 1.54. The van der Waals surface area contributed by atoms with Crippen LogP contribution in [-0.4, -0.2) is 22.8 Å². The molecule has 1 aliphatic rings. The van der Waals surface area contributed by atoms with Crippen molar-refractivity contribution < 1.29 is 4.74 Å². The van der Waals surface area contributed by atoms with Crippen molar-refractivity contribution in [2.24, 2.45) is 0 Å². The predicted octanol–water partition coefficient (Wildman–Crippen LogP) is 1.69. The fourth-order valence-corrected chi connectivity index (χ4v) is 2.55. The van der Waals surface area contributed by atoms with Crippen molar-refractivity contribution in [3.63, 3.8) is 0 Å². The molecule has 2 aromatic heterocycles. The van der Waals surface area contributed by atoms with Gasteiger partial charge in [-0.2, -0.15) is 0 Å². The smallest absolute Gasteiger partial charge is 0.141 e. The molecule has 2 N–H and O–H groups in total. The van der Waals surface area contributed by atoms with Gasteiger partial charge in [0.1, 0.15) is 11.6 Å². The molecule has 0 radical (unpaired) electrons. The van der Waals surface area contributed by atoms with Gasteiger partial charge in [-0.3, -0.25) is 0 Å². The molecular weight excluding hydrogens is 222 g/mol. The summed E-state index contributed by atoms with van der Waals surface area (Å²) < 4.78 is 7.35. The lowest BCUT2D eigenvalue weighted by Gasteiger charge is -2.28. The van der Waals surface area contributed by atoms with Gasteiger partial charge >= 0.3 is 0 Å². The number of rotatable bonds is 3. The van der Waals surface area contributed by atoms with Gasteiger partial charge in [-0.05, 0) is 11.4 Å². The quantitative estimate of drug-likeness (QED) is 0.880. The van der Waals surface area contributed by atoms with E-state index in [2.05, 4.69) is 27.1 Å². The highest BCUT2D eigenvalue weighted by Crippen LogP contribution is 2.23. The maximum atomic E-state index is 5.76. The Kier molecular flexibility index (Phi) is 2.41. The van der Waals surface area contributed by atoms with E-state index in [1.165, 1.54) is 4.88 Å². The SMILES string of the molecule is Nc1cn(C2COC2)c(Cc2cccs2)n1. The minimum absolute atomic E-state index is 0.416. The minimum Gasteiger partial charge on any atom is -0.382 e. The van der Waals surface area contributed by atoms with Crippen LogP contribution in [0.4, 0.5) is 5.82 Å². The number of nitrogens with two attached hydrogens (primary N) is 1. The normalized spacial score (nSPS) is 16.2. The average Bonchev–Trinajstić information content (AvgIpc) is 2.75. The lowest BCUT2D eigenvalue weighted by molar-refractivity contribution is -0.0243. The van der Waals surface area contributed by atoms with Crippen LogP contribution in [0.15, 0.2) is 23.7 Å². The van der Waals surface area contributed by atoms with Crippen molar-refractivity contribution in [1.29, 1.82) is 0 Å². The summed E-state index contributed by atoms with van der Waals surface area (Å²) in [7, 11) is 0. The lowest BCUT2D eigenvalue weighted by Crippen LogP contribution is -2.31. The van der Waals surface area contributed by atoms with E-state index in [0.717, 1.165) is 25.5 Å². The van der Waals surface area contributed by atoms with E-state index < -0.39 is 0 Å². The third-order valence-corrected chi connectivity index (χ3v) is 3.63. The molecule has 0 atom stereocenters. The summed E-state index contributed by atoms with van der Waals surface area (Å²) in [5.74, 6) is 1.63. The first kappa shape index (κ1) is 9.86. The third kappa shape index (κ3) is 1.72. The first-order valence-corrected chi connectivity index (χ1v) is 6.14. The summed E-state index contributed by atoms with van der Waals surface area (Å²) in [6, 6.07) is 4.60. The van der Waals surface area contributed by atoms with E-state index >= 15 is 0 Å². The molecule has 16 heavy (non-hydrogen) atoms. The van der Waals surface area contributed by atoms with Crippen LogP contribution in [0.2, 0.25) is 0 Å². The Labute approximate surface area is 97.7 Å². The van der Waals surface area contributed by atoms with Crippen molar-refractivity contribution in [3.05, 3.63) is 34.4 Å². The molecule has 4 nitrogen and oxygen atoms in total. The van der Waals surface area contributed by atoms with Crippen LogP contribution in [-0.2, 0) is 11.2 Å². The van der Waals surface area contributed by atoms with Gasteiger partial charge < -0.3 is 15.0 Å². The zero-order valence-electron chi connectivity index (χ0n) is 8.80. The molecule has 84 valence electrons. The molecule has 0 amide bonds. The van der Waals surface area contributed by atoms with Crippen molar-refractivity contribution in [2.75, 3.05) is 18.9 Å². The number of ether oxygens (including phenoxy) is 1. The van der Waals surface area contributed by atoms with Gasteiger partial charge in [-0.25, -0.2) is 4.98 Å². The topological polar surface area (TPSA) is 53.1 Å². The van der Waals surface area contributed by atoms with Crippen molar-refractivity contribution in [3.8, 4) is 0 Å². The zero-order valence-corrected chi connectivity index (χ0v) is 9.61. The van der Waals surface area contributed by atoms with Crippen LogP contribution in [0, 0.1) is 0 Å². The third-order valence-electron chi connectivity index (χ3n) is 2.75. The molecule has 3 rings (SSSR count). The number of imidazole rings is 1. The van der Waals surface area contributed by atoms with Gasteiger partial charge in [0, 0.05) is 17.5 Å². The monoisotopic (exact) mass is 235 g/mol. The molecule has 1 saturated heterocycles. The predicted molar refractivity (Wildman–Crippen MR) is 63.6 cm³/mol. The van der Waals surface area contributed by atoms with Crippen LogP contribution >= 0.6 is 11.3 Å². The van der Waals surface area contributed by atoms with Crippen LogP contribution in [0.1, 0.15) is 16.7 Å². The summed E-state index contributed by atoms with van der Waals surface area (Å²) in [6.07, 6.45) is 2.77. The molecule has 3 heterocycles. The van der Waals surface area contributed by atoms with Gasteiger partial charge in [0.05, 0.1) is 19.3 Å². The number of nitrogen functional groups attached to an aromatic ring is 1. The van der Waals surface area contributed by atoms with E-state index in [-0.39, 0.29) is 0 Å². The number of hydrogen-bond donors (Lipinski definition) is 1. The highest BCUT2D eigenvalue weighted by molar-refractivity contribution is 7.09. The highest BCUT2D eigenvalue weighted by Gasteiger charge is 2.23. The van der Waals surface area contributed by atoms with Crippen LogP contribution in [0.25, 0.3) is 0 Å². The molecular formula is C11H13N3OS. The second-order valence-corrected chi connectivity index (χ2v) is 4.97. The zero-order chi connectivity index (χ0) is 11.0. The molecule has 0 bridgehead atoms. The van der Waals surface area contributed by atoms with Crippen molar-refractivity contribution >= 4 is 17.2 Å². The Hall–Kier alpha value is -1.33. The van der Waals surface area contributed by atoms with Crippen LogP contribution in [0.3, 0.4) is 0 Å². The van der Waals surface area contributed by atoms with Gasteiger partial charge in [-0.15, -0.1) is 11.3 Å². The second kappa shape index (κ2) is 3.92. The molecule has 5 heteroatoms. The Morgan fingerprint density at radius 2 is 2.44 bits per heavy atom. The number of aromatic nitrogens is 2. The largest absolute Gasteiger partial charge is 0.382 e. The van der Waals surface area contributed by atoms with Gasteiger partial charge in [0.15, 0.2) is 0 Å². The molecule has 0 unspecified atom stereocenters. The summed E-state index contributed by atoms with van der Waals surface area (Å²) >= 11 is 1.75. The maximum absolute atomic E-state index is 5.76. The molecule has 0 spiro atoms. The minimum atomic E-state index is 0.416. The molecule has 1 aliphatic heterocycles. The Balaban J connectivity index is 1.87. The Morgan fingerprint density at radius 1 is 1.56 bits per heavy atom. The van der Waals surface area contributed by atoms with Gasteiger partial charge in [0.2, 0.25) is 0 Å². The van der Waals surface area contributed by atoms with E-state index in [4.69, 9.17) is 10.5 Å². The Morgan fingerprint density at radius 3 is 3.06 bits per heavy atom. The standard InChI is InChI=1S/C11H13N3OS/c12-10-5-14(8-6-15-7-8)11(13-10)4-9-2-1-3-16-9/h1-3,5,8H,4,6-7,12H2. The fourth-order valence-electron chi connectivity index (χ4n) is 1.85. The number of anilines is 1. The fraction of sp³-hybridized carbons (Fsp3) is 0.364. The van der Waals surface area contributed by atoms with Crippen molar-refractivity contribution in [1.82, 2.24) is 9.55 Å². The summed E-state index contributed by atoms with van der Waals surface area (Å²) in [5, 5.41) is 2.08. The summed E-state index contributed by atoms with van der Waals surface area (Å²) in [5.41, 5.74) is 5.76. The molecule has 0 aliphatic carbocycles. The molecule has 0 aromatic carbocycles. The molecule has 1 fully saturated rings. The highest BCUT2D eigenvalue weighted by atomic mass is 32.1.